The molecular weight excluding hydrogens is 340 g/mol. The molecule has 2 aliphatic heterocycles. The van der Waals surface area contributed by atoms with Crippen LogP contribution in [0.2, 0.25) is 0 Å². The van der Waals surface area contributed by atoms with Gasteiger partial charge in [0.25, 0.3) is 0 Å². The maximum Gasteiger partial charge on any atom is 0.224 e. The van der Waals surface area contributed by atoms with Crippen molar-refractivity contribution in [2.75, 3.05) is 25.0 Å². The number of carbonyl (C=O) groups is 2. The van der Waals surface area contributed by atoms with E-state index in [1.807, 2.05) is 29.2 Å². The summed E-state index contributed by atoms with van der Waals surface area (Å²) in [6.45, 7) is 6.38. The Morgan fingerprint density at radius 1 is 1.19 bits per heavy atom. The van der Waals surface area contributed by atoms with Crippen LogP contribution in [0.5, 0.6) is 0 Å². The number of piperidine rings is 1. The standard InChI is InChI=1S/C22H30N2O3/c1-3-18-6-4-5-7-19(18)23-20(25)8-9-21(26)24-13-11-22(12-14-24)16-17(2)10-15-27-22/h4-7,16H,3,8-15H2,1-2H3,(H,23,25). The first-order valence-electron chi connectivity index (χ1n) is 9.99. The summed E-state index contributed by atoms with van der Waals surface area (Å²) in [5.41, 5.74) is 3.15. The van der Waals surface area contributed by atoms with E-state index in [9.17, 15) is 9.59 Å². The second-order valence-corrected chi connectivity index (χ2v) is 7.59. The summed E-state index contributed by atoms with van der Waals surface area (Å²) in [7, 11) is 0. The zero-order valence-corrected chi connectivity index (χ0v) is 16.4. The number of hydrogen-bond donors (Lipinski definition) is 1. The Morgan fingerprint density at radius 3 is 2.63 bits per heavy atom. The van der Waals surface area contributed by atoms with Gasteiger partial charge in [0, 0.05) is 31.6 Å². The number of para-hydroxylation sites is 1. The van der Waals surface area contributed by atoms with E-state index in [0.29, 0.717) is 13.1 Å². The molecule has 0 aliphatic carbocycles. The van der Waals surface area contributed by atoms with Gasteiger partial charge in [0.2, 0.25) is 11.8 Å². The number of rotatable bonds is 5. The average molecular weight is 370 g/mol. The zero-order chi connectivity index (χ0) is 19.3. The smallest absolute Gasteiger partial charge is 0.224 e. The molecule has 0 aromatic heterocycles. The van der Waals surface area contributed by atoms with Gasteiger partial charge >= 0.3 is 0 Å². The van der Waals surface area contributed by atoms with Crippen molar-refractivity contribution in [1.29, 1.82) is 0 Å². The maximum absolute atomic E-state index is 12.5. The number of amides is 2. The van der Waals surface area contributed by atoms with Gasteiger partial charge in [0.05, 0.1) is 12.2 Å². The molecule has 2 heterocycles. The first-order chi connectivity index (χ1) is 13.0. The molecule has 27 heavy (non-hydrogen) atoms. The highest BCUT2D eigenvalue weighted by molar-refractivity contribution is 5.93. The molecule has 0 radical (unpaired) electrons. The molecule has 0 unspecified atom stereocenters. The topological polar surface area (TPSA) is 58.6 Å². The molecular formula is C22H30N2O3. The second-order valence-electron chi connectivity index (χ2n) is 7.59. The van der Waals surface area contributed by atoms with Crippen LogP contribution in [0.3, 0.4) is 0 Å². The Hall–Kier alpha value is -2.14. The summed E-state index contributed by atoms with van der Waals surface area (Å²) < 4.78 is 6.01. The molecule has 5 nitrogen and oxygen atoms in total. The molecule has 1 saturated heterocycles. The third-order valence-corrected chi connectivity index (χ3v) is 5.60. The molecule has 2 aliphatic rings. The van der Waals surface area contributed by atoms with Crippen LogP contribution in [0, 0.1) is 0 Å². The fourth-order valence-corrected chi connectivity index (χ4v) is 3.94. The molecule has 146 valence electrons. The van der Waals surface area contributed by atoms with E-state index < -0.39 is 0 Å². The lowest BCUT2D eigenvalue weighted by atomic mass is 9.87. The molecule has 5 heteroatoms. The summed E-state index contributed by atoms with van der Waals surface area (Å²) >= 11 is 0. The van der Waals surface area contributed by atoms with Crippen molar-refractivity contribution in [2.24, 2.45) is 0 Å². The van der Waals surface area contributed by atoms with Crippen molar-refractivity contribution in [2.45, 2.75) is 58.0 Å². The number of likely N-dealkylation sites (tertiary alicyclic amines) is 1. The van der Waals surface area contributed by atoms with Crippen molar-refractivity contribution in [3.63, 3.8) is 0 Å². The number of carbonyl (C=O) groups excluding carboxylic acids is 2. The van der Waals surface area contributed by atoms with Gasteiger partial charge < -0.3 is 15.0 Å². The highest BCUT2D eigenvalue weighted by atomic mass is 16.5. The van der Waals surface area contributed by atoms with Crippen LogP contribution in [0.1, 0.15) is 51.5 Å². The van der Waals surface area contributed by atoms with Gasteiger partial charge in [0.1, 0.15) is 0 Å². The highest BCUT2D eigenvalue weighted by Crippen LogP contribution is 2.33. The number of aryl methyl sites for hydroxylation is 1. The maximum atomic E-state index is 12.5. The van der Waals surface area contributed by atoms with Crippen LogP contribution in [0.15, 0.2) is 35.9 Å². The third-order valence-electron chi connectivity index (χ3n) is 5.60. The van der Waals surface area contributed by atoms with Crippen molar-refractivity contribution in [1.82, 2.24) is 4.90 Å². The van der Waals surface area contributed by atoms with Crippen LogP contribution in [-0.2, 0) is 20.7 Å². The Morgan fingerprint density at radius 2 is 1.93 bits per heavy atom. The number of anilines is 1. The van der Waals surface area contributed by atoms with Crippen LogP contribution in [0.4, 0.5) is 5.69 Å². The predicted octanol–water partition coefficient (Wildman–Crippen LogP) is 3.70. The number of ether oxygens (including phenoxy) is 1. The van der Waals surface area contributed by atoms with Crippen molar-refractivity contribution in [3.8, 4) is 0 Å². The van der Waals surface area contributed by atoms with Gasteiger partial charge in [-0.05, 0) is 44.2 Å². The minimum atomic E-state index is -0.180. The Kier molecular flexibility index (Phi) is 6.32. The number of hydrogen-bond acceptors (Lipinski definition) is 3. The van der Waals surface area contributed by atoms with E-state index in [4.69, 9.17) is 4.74 Å². The first kappa shape index (κ1) is 19.6. The van der Waals surface area contributed by atoms with E-state index in [1.54, 1.807) is 0 Å². The lowest BCUT2D eigenvalue weighted by molar-refractivity contribution is -0.137. The van der Waals surface area contributed by atoms with Gasteiger partial charge in [-0.3, -0.25) is 9.59 Å². The van der Waals surface area contributed by atoms with Crippen LogP contribution in [0.25, 0.3) is 0 Å². The lowest BCUT2D eigenvalue weighted by Crippen LogP contribution is -2.48. The Labute approximate surface area is 161 Å². The Balaban J connectivity index is 1.46. The van der Waals surface area contributed by atoms with Crippen LogP contribution < -0.4 is 5.32 Å². The minimum Gasteiger partial charge on any atom is -0.370 e. The molecule has 1 spiro atoms. The van der Waals surface area contributed by atoms with Gasteiger partial charge in [-0.1, -0.05) is 36.8 Å². The average Bonchev–Trinajstić information content (AvgIpc) is 2.67. The summed E-state index contributed by atoms with van der Waals surface area (Å²) in [6.07, 6.45) is 6.26. The van der Waals surface area contributed by atoms with Crippen LogP contribution in [-0.4, -0.2) is 42.0 Å². The van der Waals surface area contributed by atoms with Crippen molar-refractivity contribution >= 4 is 17.5 Å². The van der Waals surface area contributed by atoms with Crippen molar-refractivity contribution < 1.29 is 14.3 Å². The molecule has 2 amide bonds. The summed E-state index contributed by atoms with van der Waals surface area (Å²) in [6, 6.07) is 7.79. The summed E-state index contributed by atoms with van der Waals surface area (Å²) in [4.78, 5) is 26.6. The van der Waals surface area contributed by atoms with Gasteiger partial charge in [0.15, 0.2) is 0 Å². The minimum absolute atomic E-state index is 0.0558. The molecule has 0 saturated carbocycles. The monoisotopic (exact) mass is 370 g/mol. The largest absolute Gasteiger partial charge is 0.370 e. The molecule has 1 N–H and O–H groups in total. The fraction of sp³-hybridized carbons (Fsp3) is 0.545. The Bertz CT molecular complexity index is 718. The number of nitrogens with one attached hydrogen (secondary N) is 1. The van der Waals surface area contributed by atoms with E-state index in [-0.39, 0.29) is 30.3 Å². The number of benzene rings is 1. The van der Waals surface area contributed by atoms with E-state index in [2.05, 4.69) is 25.2 Å². The van der Waals surface area contributed by atoms with E-state index in [0.717, 1.165) is 43.5 Å². The van der Waals surface area contributed by atoms with E-state index in [1.165, 1.54) is 5.57 Å². The lowest BCUT2D eigenvalue weighted by Gasteiger charge is -2.42. The SMILES string of the molecule is CCc1ccccc1NC(=O)CCC(=O)N1CCC2(C=C(C)CCO2)CC1. The van der Waals surface area contributed by atoms with Gasteiger partial charge in [-0.25, -0.2) is 0 Å². The quantitative estimate of drug-likeness (QED) is 0.804. The molecule has 1 aromatic carbocycles. The molecule has 1 aromatic rings. The van der Waals surface area contributed by atoms with Gasteiger partial charge in [-0.2, -0.15) is 0 Å². The highest BCUT2D eigenvalue weighted by Gasteiger charge is 2.36. The molecule has 3 rings (SSSR count). The molecule has 0 bridgehead atoms. The second kappa shape index (κ2) is 8.70. The summed E-state index contributed by atoms with van der Waals surface area (Å²) in [5, 5.41) is 2.93. The summed E-state index contributed by atoms with van der Waals surface area (Å²) in [5.74, 6) is -0.0489. The van der Waals surface area contributed by atoms with E-state index >= 15 is 0 Å². The third kappa shape index (κ3) is 4.98. The van der Waals surface area contributed by atoms with Crippen molar-refractivity contribution in [3.05, 3.63) is 41.5 Å². The predicted molar refractivity (Wildman–Crippen MR) is 107 cm³/mol. The van der Waals surface area contributed by atoms with Gasteiger partial charge in [-0.15, -0.1) is 0 Å². The first-order valence-corrected chi connectivity index (χ1v) is 9.99. The fourth-order valence-electron chi connectivity index (χ4n) is 3.94. The molecule has 1 fully saturated rings. The van der Waals surface area contributed by atoms with Crippen LogP contribution >= 0.6 is 0 Å². The molecule has 0 atom stereocenters. The normalized spacial score (nSPS) is 18.9. The number of nitrogens with zero attached hydrogens (tertiary/aromatic N) is 1. The zero-order valence-electron chi connectivity index (χ0n) is 16.4.